The standard InChI is InChI=1S/C22H16F3NO5/c1-12-18(21(30)31-2)17(10-13-6-8-14(9-7-13)20(28)29)19(27)26(12)16-5-3-4-15(11-16)22(23,24)25/h3-11H,1-2H3,(H,28,29)/b17-10-. The monoisotopic (exact) mass is 431 g/mol. The minimum atomic E-state index is -4.61. The molecule has 1 heterocycles. The van der Waals surface area contributed by atoms with Crippen molar-refractivity contribution in [3.63, 3.8) is 0 Å². The Labute approximate surface area is 174 Å². The molecule has 1 aliphatic heterocycles. The van der Waals surface area contributed by atoms with Gasteiger partial charge in [0.15, 0.2) is 0 Å². The van der Waals surface area contributed by atoms with Crippen LogP contribution in [0.3, 0.4) is 0 Å². The summed E-state index contributed by atoms with van der Waals surface area (Å²) in [6.45, 7) is 1.43. The van der Waals surface area contributed by atoms with Gasteiger partial charge in [-0.1, -0.05) is 18.2 Å². The molecule has 0 saturated heterocycles. The van der Waals surface area contributed by atoms with Crippen molar-refractivity contribution in [2.24, 2.45) is 0 Å². The zero-order valence-corrected chi connectivity index (χ0v) is 16.4. The first-order valence-electron chi connectivity index (χ1n) is 8.91. The van der Waals surface area contributed by atoms with Gasteiger partial charge in [-0.15, -0.1) is 0 Å². The highest BCUT2D eigenvalue weighted by molar-refractivity contribution is 6.23. The normalized spacial score (nSPS) is 15.6. The van der Waals surface area contributed by atoms with Crippen LogP contribution in [0.5, 0.6) is 0 Å². The average molecular weight is 431 g/mol. The maximum atomic E-state index is 13.1. The van der Waals surface area contributed by atoms with Crippen LogP contribution in [-0.2, 0) is 20.5 Å². The van der Waals surface area contributed by atoms with Gasteiger partial charge in [0.1, 0.15) is 0 Å². The van der Waals surface area contributed by atoms with Crippen molar-refractivity contribution in [3.8, 4) is 0 Å². The number of carbonyl (C=O) groups is 3. The molecule has 0 aliphatic carbocycles. The number of amides is 1. The maximum Gasteiger partial charge on any atom is 0.416 e. The second kappa shape index (κ2) is 8.10. The highest BCUT2D eigenvalue weighted by Gasteiger charge is 2.39. The van der Waals surface area contributed by atoms with Crippen molar-refractivity contribution in [1.82, 2.24) is 0 Å². The van der Waals surface area contributed by atoms with Crippen LogP contribution >= 0.6 is 0 Å². The first-order chi connectivity index (χ1) is 14.5. The number of allylic oxidation sites excluding steroid dienone is 1. The van der Waals surface area contributed by atoms with Crippen LogP contribution in [0.2, 0.25) is 0 Å². The summed E-state index contributed by atoms with van der Waals surface area (Å²) < 4.78 is 44.1. The van der Waals surface area contributed by atoms with Gasteiger partial charge >= 0.3 is 18.1 Å². The minimum Gasteiger partial charge on any atom is -0.478 e. The second-order valence-corrected chi connectivity index (χ2v) is 6.63. The highest BCUT2D eigenvalue weighted by atomic mass is 19.4. The van der Waals surface area contributed by atoms with Gasteiger partial charge in [0.25, 0.3) is 5.91 Å². The lowest BCUT2D eigenvalue weighted by molar-refractivity contribution is -0.137. The number of carbonyl (C=O) groups excluding carboxylic acids is 2. The van der Waals surface area contributed by atoms with Crippen molar-refractivity contribution >= 4 is 29.6 Å². The lowest BCUT2D eigenvalue weighted by Crippen LogP contribution is -2.24. The number of carboxylic acids is 1. The van der Waals surface area contributed by atoms with E-state index in [9.17, 15) is 27.6 Å². The smallest absolute Gasteiger partial charge is 0.416 e. The van der Waals surface area contributed by atoms with E-state index in [1.54, 1.807) is 0 Å². The van der Waals surface area contributed by atoms with Crippen molar-refractivity contribution in [2.45, 2.75) is 13.1 Å². The van der Waals surface area contributed by atoms with Crippen LogP contribution in [0.25, 0.3) is 6.08 Å². The summed E-state index contributed by atoms with van der Waals surface area (Å²) in [4.78, 5) is 37.5. The molecule has 0 bridgehead atoms. The van der Waals surface area contributed by atoms with Crippen LogP contribution in [0.4, 0.5) is 18.9 Å². The van der Waals surface area contributed by atoms with Crippen molar-refractivity contribution in [1.29, 1.82) is 0 Å². The second-order valence-electron chi connectivity index (χ2n) is 6.63. The van der Waals surface area contributed by atoms with Gasteiger partial charge < -0.3 is 9.84 Å². The Bertz CT molecular complexity index is 1130. The number of hydrogen-bond acceptors (Lipinski definition) is 4. The molecule has 0 fully saturated rings. The molecule has 6 nitrogen and oxygen atoms in total. The van der Waals surface area contributed by atoms with Crippen LogP contribution in [0.1, 0.15) is 28.4 Å². The fraction of sp³-hybridized carbons (Fsp3) is 0.136. The van der Waals surface area contributed by atoms with Crippen LogP contribution in [0.15, 0.2) is 65.4 Å². The number of anilines is 1. The summed E-state index contributed by atoms with van der Waals surface area (Å²) in [5.41, 5.74) is -0.587. The number of ether oxygens (including phenoxy) is 1. The fourth-order valence-corrected chi connectivity index (χ4v) is 3.20. The zero-order chi connectivity index (χ0) is 22.9. The molecule has 0 spiro atoms. The maximum absolute atomic E-state index is 13.1. The third kappa shape index (κ3) is 4.20. The van der Waals surface area contributed by atoms with E-state index in [1.807, 2.05) is 0 Å². The molecule has 160 valence electrons. The summed E-state index contributed by atoms with van der Waals surface area (Å²) in [5, 5.41) is 9.00. The van der Waals surface area contributed by atoms with E-state index in [0.717, 1.165) is 24.1 Å². The molecule has 3 rings (SSSR count). The Balaban J connectivity index is 2.11. The molecule has 1 amide bonds. The van der Waals surface area contributed by atoms with Gasteiger partial charge in [-0.3, -0.25) is 9.69 Å². The topological polar surface area (TPSA) is 83.9 Å². The summed E-state index contributed by atoms with van der Waals surface area (Å²) in [5.74, 6) is -2.66. The molecule has 0 atom stereocenters. The lowest BCUT2D eigenvalue weighted by atomic mass is 10.0. The fourth-order valence-electron chi connectivity index (χ4n) is 3.20. The number of nitrogens with zero attached hydrogens (tertiary/aromatic N) is 1. The molecule has 31 heavy (non-hydrogen) atoms. The number of halogens is 3. The number of methoxy groups -OCH3 is 1. The first-order valence-corrected chi connectivity index (χ1v) is 8.91. The summed E-state index contributed by atoms with van der Waals surface area (Å²) in [6.07, 6.45) is -3.25. The molecule has 1 aliphatic rings. The van der Waals surface area contributed by atoms with E-state index in [1.165, 1.54) is 49.4 Å². The van der Waals surface area contributed by atoms with Gasteiger partial charge in [0, 0.05) is 11.4 Å². The van der Waals surface area contributed by atoms with Gasteiger partial charge in [-0.2, -0.15) is 13.2 Å². The van der Waals surface area contributed by atoms with Gasteiger partial charge in [-0.25, -0.2) is 9.59 Å². The zero-order valence-electron chi connectivity index (χ0n) is 16.4. The predicted molar refractivity (Wildman–Crippen MR) is 105 cm³/mol. The Morgan fingerprint density at radius 1 is 1.10 bits per heavy atom. The number of aromatic carboxylic acids is 1. The number of esters is 1. The summed E-state index contributed by atoms with van der Waals surface area (Å²) in [6, 6.07) is 9.74. The number of carboxylic acid groups (broad SMARTS) is 1. The number of hydrogen-bond donors (Lipinski definition) is 1. The van der Waals surface area contributed by atoms with E-state index in [0.29, 0.717) is 5.56 Å². The van der Waals surface area contributed by atoms with Crippen LogP contribution in [0, 0.1) is 0 Å². The number of benzene rings is 2. The first kappa shape index (κ1) is 21.8. The Hall–Kier alpha value is -3.88. The van der Waals surface area contributed by atoms with Crippen LogP contribution < -0.4 is 4.90 Å². The molecular formula is C22H16F3NO5. The highest BCUT2D eigenvalue weighted by Crippen LogP contribution is 2.38. The largest absolute Gasteiger partial charge is 0.478 e. The molecule has 1 N–H and O–H groups in total. The van der Waals surface area contributed by atoms with E-state index >= 15 is 0 Å². The summed E-state index contributed by atoms with van der Waals surface area (Å²) in [7, 11) is 1.12. The minimum absolute atomic E-state index is 0.0328. The van der Waals surface area contributed by atoms with Gasteiger partial charge in [-0.05, 0) is 48.9 Å². The molecule has 2 aromatic carbocycles. The van der Waals surface area contributed by atoms with E-state index in [-0.39, 0.29) is 28.1 Å². The Morgan fingerprint density at radius 3 is 2.29 bits per heavy atom. The van der Waals surface area contributed by atoms with Gasteiger partial charge in [0.05, 0.1) is 29.4 Å². The molecule has 0 aromatic heterocycles. The third-order valence-electron chi connectivity index (χ3n) is 4.69. The SMILES string of the molecule is COC(=O)C1=C(C)N(c2cccc(C(F)(F)F)c2)C(=O)/C1=C\c1ccc(C(=O)O)cc1. The van der Waals surface area contributed by atoms with Crippen molar-refractivity contribution < 1.29 is 37.4 Å². The molecular weight excluding hydrogens is 415 g/mol. The lowest BCUT2D eigenvalue weighted by Gasteiger charge is -2.19. The van der Waals surface area contributed by atoms with Gasteiger partial charge in [0.2, 0.25) is 0 Å². The quantitative estimate of drug-likeness (QED) is 0.577. The average Bonchev–Trinajstić information content (AvgIpc) is 2.97. The predicted octanol–water partition coefficient (Wildman–Crippen LogP) is 4.28. The van der Waals surface area contributed by atoms with Crippen molar-refractivity contribution in [3.05, 3.63) is 82.1 Å². The van der Waals surface area contributed by atoms with E-state index in [4.69, 9.17) is 9.84 Å². The van der Waals surface area contributed by atoms with E-state index in [2.05, 4.69) is 0 Å². The van der Waals surface area contributed by atoms with E-state index < -0.39 is 29.6 Å². The Kier molecular flexibility index (Phi) is 5.70. The number of rotatable bonds is 4. The molecule has 0 unspecified atom stereocenters. The van der Waals surface area contributed by atoms with Crippen LogP contribution in [-0.4, -0.2) is 30.1 Å². The molecule has 0 saturated carbocycles. The third-order valence-corrected chi connectivity index (χ3v) is 4.69. The molecule has 2 aromatic rings. The molecule has 0 radical (unpaired) electrons. The number of alkyl halides is 3. The molecule has 9 heteroatoms. The Morgan fingerprint density at radius 2 is 1.74 bits per heavy atom. The van der Waals surface area contributed by atoms with Crippen molar-refractivity contribution in [2.75, 3.05) is 12.0 Å². The summed E-state index contributed by atoms with van der Waals surface area (Å²) >= 11 is 0.